The molecular formula is C19H23ClN2O3. The van der Waals surface area contributed by atoms with Gasteiger partial charge in [0.05, 0.1) is 7.11 Å². The molecule has 6 heteroatoms. The Morgan fingerprint density at radius 1 is 1.12 bits per heavy atom. The molecule has 134 valence electrons. The molecule has 2 aromatic carbocycles. The average molecular weight is 363 g/mol. The zero-order chi connectivity index (χ0) is 16.9. The summed E-state index contributed by atoms with van der Waals surface area (Å²) in [7, 11) is 1.60. The molecule has 1 fully saturated rings. The van der Waals surface area contributed by atoms with E-state index in [-0.39, 0.29) is 36.9 Å². The molecule has 0 bridgehead atoms. The molecule has 0 aliphatic carbocycles. The topological polar surface area (TPSA) is 64.8 Å². The lowest BCUT2D eigenvalue weighted by Gasteiger charge is -2.17. The monoisotopic (exact) mass is 362 g/mol. The minimum absolute atomic E-state index is 0. The van der Waals surface area contributed by atoms with Crippen LogP contribution in [-0.4, -0.2) is 43.7 Å². The molecular weight excluding hydrogens is 340 g/mol. The molecule has 2 aromatic rings. The minimum Gasteiger partial charge on any atom is -0.497 e. The van der Waals surface area contributed by atoms with Crippen molar-refractivity contribution >= 4 is 18.3 Å². The maximum atomic E-state index is 12.4. The first-order chi connectivity index (χ1) is 11.7. The maximum Gasteiger partial charge on any atom is 0.260 e. The number of hydrogen-bond acceptors (Lipinski definition) is 4. The molecule has 0 spiro atoms. The lowest BCUT2D eigenvalue weighted by atomic mass is 9.95. The summed E-state index contributed by atoms with van der Waals surface area (Å²) < 4.78 is 10.7. The highest BCUT2D eigenvalue weighted by molar-refractivity contribution is 5.85. The van der Waals surface area contributed by atoms with Crippen LogP contribution in [0.25, 0.3) is 0 Å². The normalized spacial score (nSPS) is 19.2. The Morgan fingerprint density at radius 2 is 1.84 bits per heavy atom. The Bertz CT molecular complexity index is 696. The first-order valence-electron chi connectivity index (χ1n) is 8.02. The van der Waals surface area contributed by atoms with Crippen LogP contribution in [0, 0.1) is 0 Å². The van der Waals surface area contributed by atoms with Crippen molar-refractivity contribution in [2.45, 2.75) is 12.0 Å². The summed E-state index contributed by atoms with van der Waals surface area (Å²) in [6, 6.07) is 17.3. The third kappa shape index (κ3) is 4.65. The predicted octanol–water partition coefficient (Wildman–Crippen LogP) is 2.45. The number of nitrogens with two attached hydrogens (primary N) is 1. The molecule has 1 aliphatic heterocycles. The summed E-state index contributed by atoms with van der Waals surface area (Å²) in [5.41, 5.74) is 7.41. The van der Waals surface area contributed by atoms with E-state index in [1.54, 1.807) is 24.1 Å². The number of rotatable bonds is 5. The quantitative estimate of drug-likeness (QED) is 0.887. The molecule has 3 rings (SSSR count). The van der Waals surface area contributed by atoms with E-state index in [4.69, 9.17) is 15.2 Å². The molecule has 5 nitrogen and oxygen atoms in total. The lowest BCUT2D eigenvalue weighted by molar-refractivity contribution is -0.132. The summed E-state index contributed by atoms with van der Waals surface area (Å²) in [5.74, 6) is 1.44. The molecule has 2 atom stereocenters. The van der Waals surface area contributed by atoms with Gasteiger partial charge < -0.3 is 20.1 Å². The fourth-order valence-corrected chi connectivity index (χ4v) is 3.01. The predicted molar refractivity (Wildman–Crippen MR) is 99.5 cm³/mol. The smallest absolute Gasteiger partial charge is 0.260 e. The number of likely N-dealkylation sites (tertiary alicyclic amines) is 1. The van der Waals surface area contributed by atoms with E-state index in [0.29, 0.717) is 24.6 Å². The Hall–Kier alpha value is -2.24. The number of halogens is 1. The van der Waals surface area contributed by atoms with E-state index in [0.717, 1.165) is 0 Å². The summed E-state index contributed by atoms with van der Waals surface area (Å²) in [6.07, 6.45) is 0. The van der Waals surface area contributed by atoms with Crippen LogP contribution in [0.3, 0.4) is 0 Å². The second-order valence-electron chi connectivity index (χ2n) is 5.95. The van der Waals surface area contributed by atoms with Crippen molar-refractivity contribution in [3.8, 4) is 11.5 Å². The van der Waals surface area contributed by atoms with Gasteiger partial charge in [0.15, 0.2) is 6.61 Å². The molecule has 25 heavy (non-hydrogen) atoms. The number of methoxy groups -OCH3 is 1. The van der Waals surface area contributed by atoms with Crippen molar-refractivity contribution in [1.82, 2.24) is 4.90 Å². The third-order valence-electron chi connectivity index (χ3n) is 4.35. The van der Waals surface area contributed by atoms with E-state index in [2.05, 4.69) is 12.1 Å². The molecule has 2 N–H and O–H groups in total. The number of ether oxygens (including phenoxy) is 2. The number of carbonyl (C=O) groups is 1. The molecule has 1 saturated heterocycles. The first-order valence-corrected chi connectivity index (χ1v) is 8.02. The Labute approximate surface area is 154 Å². The van der Waals surface area contributed by atoms with E-state index >= 15 is 0 Å². The Kier molecular flexibility index (Phi) is 6.67. The van der Waals surface area contributed by atoms with Gasteiger partial charge in [0.2, 0.25) is 0 Å². The van der Waals surface area contributed by atoms with Crippen LogP contribution in [0.1, 0.15) is 11.5 Å². The van der Waals surface area contributed by atoms with Gasteiger partial charge in [0, 0.05) is 31.1 Å². The fraction of sp³-hybridized carbons (Fsp3) is 0.316. The second kappa shape index (κ2) is 8.74. The molecule has 0 aromatic heterocycles. The van der Waals surface area contributed by atoms with Gasteiger partial charge in [-0.2, -0.15) is 0 Å². The van der Waals surface area contributed by atoms with Crippen molar-refractivity contribution in [1.29, 1.82) is 0 Å². The average Bonchev–Trinajstić information content (AvgIpc) is 3.02. The third-order valence-corrected chi connectivity index (χ3v) is 4.35. The summed E-state index contributed by atoms with van der Waals surface area (Å²) in [4.78, 5) is 14.2. The molecule has 1 aliphatic rings. The summed E-state index contributed by atoms with van der Waals surface area (Å²) in [5, 5.41) is 0. The lowest BCUT2D eigenvalue weighted by Crippen LogP contribution is -2.35. The van der Waals surface area contributed by atoms with Gasteiger partial charge in [-0.25, -0.2) is 0 Å². The van der Waals surface area contributed by atoms with Crippen LogP contribution in [0.5, 0.6) is 11.5 Å². The van der Waals surface area contributed by atoms with Gasteiger partial charge in [-0.1, -0.05) is 36.4 Å². The van der Waals surface area contributed by atoms with Crippen molar-refractivity contribution in [3.63, 3.8) is 0 Å². The van der Waals surface area contributed by atoms with E-state index < -0.39 is 0 Å². The van der Waals surface area contributed by atoms with Gasteiger partial charge in [0.1, 0.15) is 11.5 Å². The highest BCUT2D eigenvalue weighted by Crippen LogP contribution is 2.26. The van der Waals surface area contributed by atoms with Crippen LogP contribution in [-0.2, 0) is 4.79 Å². The van der Waals surface area contributed by atoms with Crippen molar-refractivity contribution in [2.75, 3.05) is 26.8 Å². The highest BCUT2D eigenvalue weighted by Gasteiger charge is 2.33. The molecule has 0 radical (unpaired) electrons. The number of nitrogens with zero attached hydrogens (tertiary/aromatic N) is 1. The largest absolute Gasteiger partial charge is 0.497 e. The molecule has 0 unspecified atom stereocenters. The molecule has 1 heterocycles. The van der Waals surface area contributed by atoms with E-state index in [1.165, 1.54) is 5.56 Å². The van der Waals surface area contributed by atoms with Gasteiger partial charge in [0.25, 0.3) is 5.91 Å². The number of benzene rings is 2. The molecule has 1 amide bonds. The van der Waals surface area contributed by atoms with Gasteiger partial charge in [-0.3, -0.25) is 4.79 Å². The summed E-state index contributed by atoms with van der Waals surface area (Å²) >= 11 is 0. The zero-order valence-electron chi connectivity index (χ0n) is 14.1. The number of amides is 1. The van der Waals surface area contributed by atoms with E-state index in [1.807, 2.05) is 30.3 Å². The number of hydrogen-bond donors (Lipinski definition) is 1. The van der Waals surface area contributed by atoms with Gasteiger partial charge >= 0.3 is 0 Å². The maximum absolute atomic E-state index is 12.4. The van der Waals surface area contributed by atoms with Gasteiger partial charge in [-0.15, -0.1) is 12.4 Å². The first kappa shape index (κ1) is 19.1. The van der Waals surface area contributed by atoms with Crippen molar-refractivity contribution in [2.24, 2.45) is 5.73 Å². The Balaban J connectivity index is 0.00000225. The van der Waals surface area contributed by atoms with Gasteiger partial charge in [-0.05, 0) is 17.7 Å². The molecule has 0 saturated carbocycles. The van der Waals surface area contributed by atoms with Crippen LogP contribution >= 0.6 is 12.4 Å². The van der Waals surface area contributed by atoms with Crippen molar-refractivity contribution < 1.29 is 14.3 Å². The standard InChI is InChI=1S/C19H22N2O3.ClH/c1-23-15-8-5-9-16(10-15)24-13-19(22)21-11-17(18(20)12-21)14-6-3-2-4-7-14;/h2-10,17-18H,11-13,20H2,1H3;1H/t17-,18+;/m0./s1. The SMILES string of the molecule is COc1cccc(OCC(=O)N2C[C@@H](N)[C@H](c3ccccc3)C2)c1.Cl. The van der Waals surface area contributed by atoms with E-state index in [9.17, 15) is 4.79 Å². The van der Waals surface area contributed by atoms with Crippen LogP contribution in [0.15, 0.2) is 54.6 Å². The van der Waals surface area contributed by atoms with Crippen LogP contribution in [0.4, 0.5) is 0 Å². The second-order valence-corrected chi connectivity index (χ2v) is 5.95. The Morgan fingerprint density at radius 3 is 2.56 bits per heavy atom. The minimum atomic E-state index is -0.0494. The zero-order valence-corrected chi connectivity index (χ0v) is 14.9. The van der Waals surface area contributed by atoms with Crippen LogP contribution < -0.4 is 15.2 Å². The number of carbonyl (C=O) groups excluding carboxylic acids is 1. The fourth-order valence-electron chi connectivity index (χ4n) is 3.01. The summed E-state index contributed by atoms with van der Waals surface area (Å²) in [6.45, 7) is 1.19. The van der Waals surface area contributed by atoms with Crippen LogP contribution in [0.2, 0.25) is 0 Å². The van der Waals surface area contributed by atoms with Crippen molar-refractivity contribution in [3.05, 3.63) is 60.2 Å². The highest BCUT2D eigenvalue weighted by atomic mass is 35.5.